The van der Waals surface area contributed by atoms with E-state index in [0.717, 1.165) is 47.7 Å². The lowest BCUT2D eigenvalue weighted by atomic mass is 10.1. The molecule has 102 valence electrons. The number of unbranched alkanes of at least 4 members (excludes halogenated alkanes) is 1. The molecule has 0 radical (unpaired) electrons. The summed E-state index contributed by atoms with van der Waals surface area (Å²) in [6.45, 7) is 2.94. The van der Waals surface area contributed by atoms with Gasteiger partial charge in [-0.2, -0.15) is 0 Å². The number of rotatable bonds is 4. The Morgan fingerprint density at radius 2 is 1.70 bits per heavy atom. The van der Waals surface area contributed by atoms with E-state index in [1.54, 1.807) is 0 Å². The van der Waals surface area contributed by atoms with Crippen molar-refractivity contribution in [3.8, 4) is 0 Å². The Hall–Kier alpha value is -2.22. The molecule has 3 rings (SSSR count). The van der Waals surface area contributed by atoms with Crippen molar-refractivity contribution < 1.29 is 4.74 Å². The zero-order valence-electron chi connectivity index (χ0n) is 11.7. The minimum absolute atomic E-state index is 0.763. The number of anilines is 2. The average molecular weight is 265 g/mol. The fourth-order valence-electron chi connectivity index (χ4n) is 2.35. The zero-order valence-corrected chi connectivity index (χ0v) is 11.7. The van der Waals surface area contributed by atoms with Gasteiger partial charge in [0.05, 0.1) is 6.61 Å². The highest BCUT2D eigenvalue weighted by Crippen LogP contribution is 2.35. The molecule has 1 heterocycles. The van der Waals surface area contributed by atoms with Crippen LogP contribution in [0.1, 0.15) is 30.9 Å². The molecule has 2 heteroatoms. The lowest BCUT2D eigenvalue weighted by molar-refractivity contribution is 0.272. The maximum atomic E-state index is 6.01. The van der Waals surface area contributed by atoms with E-state index < -0.39 is 0 Å². The summed E-state index contributed by atoms with van der Waals surface area (Å²) in [5.41, 5.74) is 4.50. The Balaban J connectivity index is 2.02. The minimum atomic E-state index is 0.763. The van der Waals surface area contributed by atoms with Gasteiger partial charge in [-0.1, -0.05) is 43.7 Å². The Bertz CT molecular complexity index is 631. The summed E-state index contributed by atoms with van der Waals surface area (Å²) in [6, 6.07) is 16.6. The number of para-hydroxylation sites is 2. The number of hydrogen-bond acceptors (Lipinski definition) is 2. The van der Waals surface area contributed by atoms with Crippen LogP contribution in [-0.2, 0) is 4.74 Å². The molecule has 0 aliphatic carbocycles. The van der Waals surface area contributed by atoms with Crippen LogP contribution >= 0.6 is 0 Å². The zero-order chi connectivity index (χ0) is 13.8. The highest BCUT2D eigenvalue weighted by molar-refractivity contribution is 5.91. The molecule has 1 aliphatic heterocycles. The Morgan fingerprint density at radius 3 is 2.55 bits per heavy atom. The van der Waals surface area contributed by atoms with Crippen LogP contribution in [0, 0.1) is 0 Å². The normalized spacial score (nSPS) is 12.6. The molecule has 0 spiro atoms. The van der Waals surface area contributed by atoms with Crippen molar-refractivity contribution in [3.05, 3.63) is 59.7 Å². The summed E-state index contributed by atoms with van der Waals surface area (Å²) in [7, 11) is 0. The van der Waals surface area contributed by atoms with Crippen molar-refractivity contribution in [2.45, 2.75) is 19.8 Å². The average Bonchev–Trinajstić information content (AvgIpc) is 2.64. The first kappa shape index (κ1) is 12.8. The van der Waals surface area contributed by atoms with Crippen LogP contribution in [0.15, 0.2) is 48.5 Å². The van der Waals surface area contributed by atoms with E-state index in [1.165, 1.54) is 0 Å². The van der Waals surface area contributed by atoms with Crippen molar-refractivity contribution in [1.29, 1.82) is 0 Å². The van der Waals surface area contributed by atoms with Crippen LogP contribution in [0.3, 0.4) is 0 Å². The maximum absolute atomic E-state index is 6.01. The molecular formula is C18H19NO. The second-order valence-corrected chi connectivity index (χ2v) is 4.97. The molecule has 2 nitrogen and oxygen atoms in total. The largest absolute Gasteiger partial charge is 0.493 e. The Morgan fingerprint density at radius 1 is 0.950 bits per heavy atom. The van der Waals surface area contributed by atoms with Gasteiger partial charge in [-0.3, -0.25) is 0 Å². The van der Waals surface area contributed by atoms with Crippen molar-refractivity contribution >= 4 is 23.2 Å². The van der Waals surface area contributed by atoms with Crippen molar-refractivity contribution in [2.75, 3.05) is 11.9 Å². The van der Waals surface area contributed by atoms with E-state index in [0.29, 0.717) is 0 Å². The van der Waals surface area contributed by atoms with Crippen LogP contribution < -0.4 is 5.32 Å². The van der Waals surface area contributed by atoms with E-state index >= 15 is 0 Å². The number of ether oxygens (including phenoxy) is 1. The molecule has 2 aromatic rings. The third-order valence-electron chi connectivity index (χ3n) is 3.46. The third kappa shape index (κ3) is 2.55. The highest BCUT2D eigenvalue weighted by Gasteiger charge is 2.14. The second-order valence-electron chi connectivity index (χ2n) is 4.97. The van der Waals surface area contributed by atoms with E-state index in [-0.39, 0.29) is 0 Å². The van der Waals surface area contributed by atoms with E-state index in [2.05, 4.69) is 48.6 Å². The van der Waals surface area contributed by atoms with Crippen molar-refractivity contribution in [1.82, 2.24) is 0 Å². The van der Waals surface area contributed by atoms with Gasteiger partial charge in [0.25, 0.3) is 0 Å². The summed E-state index contributed by atoms with van der Waals surface area (Å²) in [5, 5.41) is 3.49. The van der Waals surface area contributed by atoms with Crippen LogP contribution in [0.5, 0.6) is 0 Å². The highest BCUT2D eigenvalue weighted by atomic mass is 16.5. The first-order chi connectivity index (χ1) is 9.88. The molecule has 0 unspecified atom stereocenters. The molecular weight excluding hydrogens is 246 g/mol. The molecule has 1 N–H and O–H groups in total. The molecule has 0 aromatic heterocycles. The van der Waals surface area contributed by atoms with Crippen molar-refractivity contribution in [3.63, 3.8) is 0 Å². The maximum Gasteiger partial charge on any atom is 0.129 e. The van der Waals surface area contributed by atoms with Gasteiger partial charge < -0.3 is 10.1 Å². The molecule has 0 amide bonds. The SMILES string of the molecule is CCCCOC1=Cc2ccccc2Nc2ccccc21. The van der Waals surface area contributed by atoms with Crippen LogP contribution in [0.2, 0.25) is 0 Å². The first-order valence-electron chi connectivity index (χ1n) is 7.18. The summed E-state index contributed by atoms with van der Waals surface area (Å²) in [5.74, 6) is 0.950. The van der Waals surface area contributed by atoms with Crippen LogP contribution in [-0.4, -0.2) is 6.61 Å². The molecule has 0 saturated heterocycles. The second kappa shape index (κ2) is 5.83. The van der Waals surface area contributed by atoms with Gasteiger partial charge in [-0.05, 0) is 30.7 Å². The quantitative estimate of drug-likeness (QED) is 0.780. The molecule has 0 saturated carbocycles. The van der Waals surface area contributed by atoms with Gasteiger partial charge in [0.2, 0.25) is 0 Å². The summed E-state index contributed by atoms with van der Waals surface area (Å²) >= 11 is 0. The van der Waals surface area contributed by atoms with Crippen LogP contribution in [0.25, 0.3) is 11.8 Å². The fourth-order valence-corrected chi connectivity index (χ4v) is 2.35. The monoisotopic (exact) mass is 265 g/mol. The Labute approximate surface area is 120 Å². The van der Waals surface area contributed by atoms with Gasteiger partial charge in [0.15, 0.2) is 0 Å². The van der Waals surface area contributed by atoms with Gasteiger partial charge in [0, 0.05) is 22.5 Å². The van der Waals surface area contributed by atoms with E-state index in [9.17, 15) is 0 Å². The number of nitrogens with one attached hydrogen (secondary N) is 1. The lowest BCUT2D eigenvalue weighted by Gasteiger charge is -2.12. The van der Waals surface area contributed by atoms with Gasteiger partial charge >= 0.3 is 0 Å². The molecule has 2 aromatic carbocycles. The molecule has 20 heavy (non-hydrogen) atoms. The van der Waals surface area contributed by atoms with Gasteiger partial charge in [-0.15, -0.1) is 0 Å². The van der Waals surface area contributed by atoms with Crippen molar-refractivity contribution in [2.24, 2.45) is 0 Å². The lowest BCUT2D eigenvalue weighted by Crippen LogP contribution is -1.97. The molecule has 1 aliphatic rings. The molecule has 0 fully saturated rings. The standard InChI is InChI=1S/C18H19NO/c1-2-3-12-20-18-13-14-8-4-6-10-16(14)19-17-11-7-5-9-15(17)18/h4-11,13,19H,2-3,12H2,1H3. The van der Waals surface area contributed by atoms with Gasteiger partial charge in [0.1, 0.15) is 5.76 Å². The smallest absolute Gasteiger partial charge is 0.129 e. The van der Waals surface area contributed by atoms with Gasteiger partial charge in [-0.25, -0.2) is 0 Å². The predicted octanol–water partition coefficient (Wildman–Crippen LogP) is 5.06. The topological polar surface area (TPSA) is 21.3 Å². The number of hydrogen-bond donors (Lipinski definition) is 1. The number of fused-ring (bicyclic) bond motifs is 2. The van der Waals surface area contributed by atoms with E-state index in [1.807, 2.05) is 18.2 Å². The van der Waals surface area contributed by atoms with Crippen LogP contribution in [0.4, 0.5) is 11.4 Å². The summed E-state index contributed by atoms with van der Waals surface area (Å²) < 4.78 is 6.01. The Kier molecular flexibility index (Phi) is 3.73. The minimum Gasteiger partial charge on any atom is -0.493 e. The predicted molar refractivity (Wildman–Crippen MR) is 84.9 cm³/mol. The first-order valence-corrected chi connectivity index (χ1v) is 7.18. The number of benzene rings is 2. The summed E-state index contributed by atoms with van der Waals surface area (Å²) in [4.78, 5) is 0. The molecule has 0 bridgehead atoms. The van der Waals surface area contributed by atoms with E-state index in [4.69, 9.17) is 4.74 Å². The molecule has 0 atom stereocenters. The third-order valence-corrected chi connectivity index (χ3v) is 3.46. The fraction of sp³-hybridized carbons (Fsp3) is 0.222. The summed E-state index contributed by atoms with van der Waals surface area (Å²) in [6.07, 6.45) is 4.35.